The van der Waals surface area contributed by atoms with Crippen molar-refractivity contribution < 1.29 is 4.79 Å². The summed E-state index contributed by atoms with van der Waals surface area (Å²) in [6.07, 6.45) is 1.48. The third-order valence-corrected chi connectivity index (χ3v) is 1.55. The van der Waals surface area contributed by atoms with E-state index in [0.717, 1.165) is 11.3 Å². The molecule has 0 aromatic heterocycles. The van der Waals surface area contributed by atoms with Gasteiger partial charge >= 0.3 is 0 Å². The summed E-state index contributed by atoms with van der Waals surface area (Å²) in [6, 6.07) is 0. The molecule has 0 aromatic rings. The highest BCUT2D eigenvalue weighted by Gasteiger charge is 1.99. The standard InChI is InChI=1S/C11H19N3O/c1-5-12-8-11(15)14-7-10(4)13-6-9(2)3/h5,12-13H,1-2,4,6-8H2,3H3,(H,14,15). The Labute approximate surface area is 91.1 Å². The molecule has 0 saturated heterocycles. The molecular weight excluding hydrogens is 190 g/mol. The fraction of sp³-hybridized carbons (Fsp3) is 0.364. The van der Waals surface area contributed by atoms with E-state index in [9.17, 15) is 4.79 Å². The van der Waals surface area contributed by atoms with Crippen molar-refractivity contribution >= 4 is 5.91 Å². The lowest BCUT2D eigenvalue weighted by Gasteiger charge is -2.10. The van der Waals surface area contributed by atoms with Gasteiger partial charge in [-0.2, -0.15) is 0 Å². The summed E-state index contributed by atoms with van der Waals surface area (Å²) in [4.78, 5) is 11.1. The number of hydrogen-bond donors (Lipinski definition) is 3. The Balaban J connectivity index is 3.57. The minimum absolute atomic E-state index is 0.0897. The predicted octanol–water partition coefficient (Wildman–Crippen LogP) is 0.515. The summed E-state index contributed by atoms with van der Waals surface area (Å²) in [5.74, 6) is -0.0897. The van der Waals surface area contributed by atoms with Crippen LogP contribution in [0.5, 0.6) is 0 Å². The first-order valence-electron chi connectivity index (χ1n) is 4.73. The molecule has 0 saturated carbocycles. The number of hydrogen-bond acceptors (Lipinski definition) is 3. The van der Waals surface area contributed by atoms with Crippen LogP contribution in [0, 0.1) is 0 Å². The summed E-state index contributed by atoms with van der Waals surface area (Å²) in [7, 11) is 0. The molecule has 1 amide bonds. The zero-order valence-electron chi connectivity index (χ0n) is 9.23. The van der Waals surface area contributed by atoms with E-state index in [2.05, 4.69) is 35.7 Å². The molecule has 0 aliphatic heterocycles. The molecule has 84 valence electrons. The molecule has 0 spiro atoms. The third kappa shape index (κ3) is 8.62. The zero-order chi connectivity index (χ0) is 11.7. The number of amides is 1. The van der Waals surface area contributed by atoms with Crippen molar-refractivity contribution in [2.24, 2.45) is 0 Å². The van der Waals surface area contributed by atoms with Crippen molar-refractivity contribution in [2.45, 2.75) is 6.92 Å². The second kappa shape index (κ2) is 7.67. The van der Waals surface area contributed by atoms with Gasteiger partial charge in [0.2, 0.25) is 5.91 Å². The Bertz CT molecular complexity index is 259. The van der Waals surface area contributed by atoms with E-state index in [4.69, 9.17) is 0 Å². The smallest absolute Gasteiger partial charge is 0.239 e. The Kier molecular flexibility index (Phi) is 6.80. The summed E-state index contributed by atoms with van der Waals surface area (Å²) < 4.78 is 0. The van der Waals surface area contributed by atoms with Gasteiger partial charge in [-0.25, -0.2) is 0 Å². The van der Waals surface area contributed by atoms with Crippen molar-refractivity contribution in [3.05, 3.63) is 37.2 Å². The van der Waals surface area contributed by atoms with Gasteiger partial charge in [-0.1, -0.05) is 25.3 Å². The molecule has 0 rings (SSSR count). The molecule has 0 heterocycles. The van der Waals surface area contributed by atoms with Crippen molar-refractivity contribution in [2.75, 3.05) is 19.6 Å². The number of carbonyl (C=O) groups is 1. The van der Waals surface area contributed by atoms with Gasteiger partial charge in [0, 0.05) is 12.2 Å². The first-order valence-corrected chi connectivity index (χ1v) is 4.73. The molecule has 0 aliphatic rings. The molecule has 15 heavy (non-hydrogen) atoms. The molecule has 0 fully saturated rings. The third-order valence-electron chi connectivity index (χ3n) is 1.55. The maximum Gasteiger partial charge on any atom is 0.239 e. The van der Waals surface area contributed by atoms with Crippen LogP contribution in [0.1, 0.15) is 6.92 Å². The van der Waals surface area contributed by atoms with Gasteiger partial charge in [0.25, 0.3) is 0 Å². The average Bonchev–Trinajstić information content (AvgIpc) is 2.20. The highest BCUT2D eigenvalue weighted by atomic mass is 16.1. The Morgan fingerprint density at radius 3 is 2.40 bits per heavy atom. The zero-order valence-corrected chi connectivity index (χ0v) is 9.23. The first-order chi connectivity index (χ1) is 7.06. The molecule has 0 aromatic carbocycles. The number of rotatable bonds is 8. The van der Waals surface area contributed by atoms with Gasteiger partial charge in [-0.05, 0) is 13.1 Å². The van der Waals surface area contributed by atoms with E-state index in [1.807, 2.05) is 6.92 Å². The van der Waals surface area contributed by atoms with Crippen molar-refractivity contribution in [3.63, 3.8) is 0 Å². The maximum atomic E-state index is 11.1. The normalized spacial score (nSPS) is 8.87. The predicted molar refractivity (Wildman–Crippen MR) is 63.2 cm³/mol. The Morgan fingerprint density at radius 2 is 1.87 bits per heavy atom. The van der Waals surface area contributed by atoms with E-state index >= 15 is 0 Å². The Hall–Kier alpha value is -1.71. The molecular formula is C11H19N3O. The van der Waals surface area contributed by atoms with Gasteiger partial charge in [0.1, 0.15) is 0 Å². The molecule has 0 atom stereocenters. The molecule has 0 aliphatic carbocycles. The minimum atomic E-state index is -0.0897. The number of carbonyl (C=O) groups excluding carboxylic acids is 1. The SMILES string of the molecule is C=CNCC(=O)NCC(=C)NCC(=C)C. The van der Waals surface area contributed by atoms with Crippen LogP contribution in [0.2, 0.25) is 0 Å². The van der Waals surface area contributed by atoms with Gasteiger partial charge in [-0.15, -0.1) is 0 Å². The summed E-state index contributed by atoms with van der Waals surface area (Å²) in [5, 5.41) is 8.45. The summed E-state index contributed by atoms with van der Waals surface area (Å²) in [6.45, 7) is 14.2. The van der Waals surface area contributed by atoms with Crippen LogP contribution in [0.3, 0.4) is 0 Å². The first kappa shape index (κ1) is 13.3. The van der Waals surface area contributed by atoms with Gasteiger partial charge in [0.15, 0.2) is 0 Å². The average molecular weight is 209 g/mol. The quantitative estimate of drug-likeness (QED) is 0.511. The topological polar surface area (TPSA) is 53.2 Å². The second-order valence-corrected chi connectivity index (χ2v) is 3.28. The molecule has 4 nitrogen and oxygen atoms in total. The summed E-state index contributed by atoms with van der Waals surface area (Å²) >= 11 is 0. The van der Waals surface area contributed by atoms with Crippen LogP contribution >= 0.6 is 0 Å². The van der Waals surface area contributed by atoms with E-state index < -0.39 is 0 Å². The van der Waals surface area contributed by atoms with Gasteiger partial charge in [-0.3, -0.25) is 4.79 Å². The fourth-order valence-corrected chi connectivity index (χ4v) is 0.771. The maximum absolute atomic E-state index is 11.1. The van der Waals surface area contributed by atoms with Crippen LogP contribution in [-0.4, -0.2) is 25.5 Å². The van der Waals surface area contributed by atoms with E-state index in [-0.39, 0.29) is 12.5 Å². The van der Waals surface area contributed by atoms with Crippen molar-refractivity contribution in [3.8, 4) is 0 Å². The molecule has 0 bridgehead atoms. The lowest BCUT2D eigenvalue weighted by molar-refractivity contribution is -0.119. The van der Waals surface area contributed by atoms with Crippen LogP contribution in [0.15, 0.2) is 37.2 Å². The molecule has 4 heteroatoms. The van der Waals surface area contributed by atoms with Crippen LogP contribution in [0.25, 0.3) is 0 Å². The molecule has 3 N–H and O–H groups in total. The van der Waals surface area contributed by atoms with E-state index in [1.54, 1.807) is 0 Å². The highest BCUT2D eigenvalue weighted by Crippen LogP contribution is 1.86. The lowest BCUT2D eigenvalue weighted by atomic mass is 10.3. The molecule has 0 radical (unpaired) electrons. The highest BCUT2D eigenvalue weighted by molar-refractivity contribution is 5.78. The minimum Gasteiger partial charge on any atom is -0.384 e. The van der Waals surface area contributed by atoms with Gasteiger partial charge in [0.05, 0.1) is 13.1 Å². The molecule has 0 unspecified atom stereocenters. The van der Waals surface area contributed by atoms with Crippen LogP contribution < -0.4 is 16.0 Å². The van der Waals surface area contributed by atoms with Gasteiger partial charge < -0.3 is 16.0 Å². The van der Waals surface area contributed by atoms with Crippen LogP contribution in [-0.2, 0) is 4.79 Å². The van der Waals surface area contributed by atoms with Crippen molar-refractivity contribution in [1.29, 1.82) is 0 Å². The largest absolute Gasteiger partial charge is 0.384 e. The van der Waals surface area contributed by atoms with E-state index in [0.29, 0.717) is 13.1 Å². The van der Waals surface area contributed by atoms with Crippen LogP contribution in [0.4, 0.5) is 0 Å². The summed E-state index contributed by atoms with van der Waals surface area (Å²) in [5.41, 5.74) is 1.79. The second-order valence-electron chi connectivity index (χ2n) is 3.28. The fourth-order valence-electron chi connectivity index (χ4n) is 0.771. The Morgan fingerprint density at radius 1 is 1.20 bits per heavy atom. The van der Waals surface area contributed by atoms with Crippen molar-refractivity contribution in [1.82, 2.24) is 16.0 Å². The lowest BCUT2D eigenvalue weighted by Crippen LogP contribution is -2.35. The monoisotopic (exact) mass is 209 g/mol. The van der Waals surface area contributed by atoms with E-state index in [1.165, 1.54) is 6.20 Å². The number of nitrogens with one attached hydrogen (secondary N) is 3.